The van der Waals surface area contributed by atoms with Crippen molar-refractivity contribution in [2.24, 2.45) is 4.99 Å². The van der Waals surface area contributed by atoms with Crippen LogP contribution in [0, 0.1) is 0 Å². The van der Waals surface area contributed by atoms with E-state index in [1.165, 1.54) is 0 Å². The third-order valence-electron chi connectivity index (χ3n) is 0.956. The van der Waals surface area contributed by atoms with Crippen LogP contribution >= 0.6 is 0 Å². The van der Waals surface area contributed by atoms with E-state index >= 15 is 0 Å². The summed E-state index contributed by atoms with van der Waals surface area (Å²) in [5, 5.41) is 0. The summed E-state index contributed by atoms with van der Waals surface area (Å²) >= 11 is 0. The van der Waals surface area contributed by atoms with Crippen LogP contribution in [0.3, 0.4) is 0 Å². The molecule has 1 rings (SSSR count). The molecule has 0 spiro atoms. The Morgan fingerprint density at radius 3 is 3.10 bits per heavy atom. The van der Waals surface area contributed by atoms with Crippen LogP contribution in [0.4, 0.5) is 5.82 Å². The lowest BCUT2D eigenvalue weighted by molar-refractivity contribution is 1.17. The van der Waals surface area contributed by atoms with E-state index < -0.39 is 0 Å². The summed E-state index contributed by atoms with van der Waals surface area (Å²) < 4.78 is 0. The van der Waals surface area contributed by atoms with Gasteiger partial charge in [-0.2, -0.15) is 0 Å². The fourth-order valence-electron chi connectivity index (χ4n) is 0.543. The summed E-state index contributed by atoms with van der Waals surface area (Å²) in [7, 11) is 0. The van der Waals surface area contributed by atoms with E-state index in [0.29, 0.717) is 5.82 Å². The van der Waals surface area contributed by atoms with Gasteiger partial charge >= 0.3 is 0 Å². The third-order valence-corrected chi connectivity index (χ3v) is 0.956. The van der Waals surface area contributed by atoms with Gasteiger partial charge in [0.1, 0.15) is 0 Å². The van der Waals surface area contributed by atoms with Gasteiger partial charge in [-0.1, -0.05) is 6.92 Å². The molecule has 0 atom stereocenters. The van der Waals surface area contributed by atoms with E-state index in [1.807, 2.05) is 13.1 Å². The fraction of sp³-hybridized carbons (Fsp3) is 0.286. The second-order valence-electron chi connectivity index (χ2n) is 1.78. The van der Waals surface area contributed by atoms with E-state index in [-0.39, 0.29) is 0 Å². The lowest BCUT2D eigenvalue weighted by Gasteiger charge is -1.86. The van der Waals surface area contributed by atoms with Crippen molar-refractivity contribution < 1.29 is 0 Å². The van der Waals surface area contributed by atoms with Crippen molar-refractivity contribution in [3.63, 3.8) is 0 Å². The standard InChI is InChI=1S/C7H9N3/c1-2-3-9-7-6-8-4-5-10-7/h3-6H,2H2,1H3/b9-3-. The van der Waals surface area contributed by atoms with Crippen LogP contribution in [0.15, 0.2) is 23.6 Å². The van der Waals surface area contributed by atoms with Gasteiger partial charge < -0.3 is 0 Å². The number of aliphatic imine (C=N–C) groups is 1. The first kappa shape index (κ1) is 6.86. The van der Waals surface area contributed by atoms with Crippen LogP contribution in [0.5, 0.6) is 0 Å². The summed E-state index contributed by atoms with van der Waals surface area (Å²) in [5.74, 6) is 0.671. The molecule has 1 aromatic rings. The molecular weight excluding hydrogens is 126 g/mol. The van der Waals surface area contributed by atoms with Crippen LogP contribution in [0.25, 0.3) is 0 Å². The maximum atomic E-state index is 4.03. The quantitative estimate of drug-likeness (QED) is 0.577. The molecule has 1 heterocycles. The minimum Gasteiger partial charge on any atom is -0.259 e. The number of nitrogens with zero attached hydrogens (tertiary/aromatic N) is 3. The van der Waals surface area contributed by atoms with Gasteiger partial charge in [-0.05, 0) is 6.42 Å². The van der Waals surface area contributed by atoms with Gasteiger partial charge in [-0.25, -0.2) is 9.98 Å². The molecule has 0 aromatic carbocycles. The Morgan fingerprint density at radius 1 is 1.60 bits per heavy atom. The normalized spacial score (nSPS) is 10.5. The minimum atomic E-state index is 0.671. The maximum absolute atomic E-state index is 4.03. The Kier molecular flexibility index (Phi) is 2.55. The van der Waals surface area contributed by atoms with Crippen molar-refractivity contribution in [3.8, 4) is 0 Å². The monoisotopic (exact) mass is 135 g/mol. The Hall–Kier alpha value is -1.25. The molecule has 0 aliphatic heterocycles. The highest BCUT2D eigenvalue weighted by atomic mass is 14.9. The second kappa shape index (κ2) is 3.71. The number of hydrogen-bond acceptors (Lipinski definition) is 3. The maximum Gasteiger partial charge on any atom is 0.170 e. The van der Waals surface area contributed by atoms with Crippen molar-refractivity contribution >= 4 is 12.0 Å². The van der Waals surface area contributed by atoms with Crippen molar-refractivity contribution in [3.05, 3.63) is 18.6 Å². The molecule has 0 radical (unpaired) electrons. The molecule has 0 amide bonds. The van der Waals surface area contributed by atoms with Crippen LogP contribution in [0.1, 0.15) is 13.3 Å². The van der Waals surface area contributed by atoms with Gasteiger partial charge in [-0.3, -0.25) is 4.98 Å². The molecule has 0 unspecified atom stereocenters. The van der Waals surface area contributed by atoms with E-state index in [1.54, 1.807) is 18.6 Å². The molecule has 0 aliphatic rings. The third kappa shape index (κ3) is 1.93. The first-order valence-corrected chi connectivity index (χ1v) is 3.22. The second-order valence-corrected chi connectivity index (χ2v) is 1.78. The highest BCUT2D eigenvalue weighted by molar-refractivity contribution is 5.60. The zero-order valence-electron chi connectivity index (χ0n) is 5.86. The smallest absolute Gasteiger partial charge is 0.170 e. The lowest BCUT2D eigenvalue weighted by Crippen LogP contribution is -1.75. The number of hydrogen-bond donors (Lipinski definition) is 0. The molecule has 0 N–H and O–H groups in total. The summed E-state index contributed by atoms with van der Waals surface area (Å²) in [6.45, 7) is 2.03. The molecule has 0 saturated carbocycles. The summed E-state index contributed by atoms with van der Waals surface area (Å²) in [5.41, 5.74) is 0. The van der Waals surface area contributed by atoms with Crippen molar-refractivity contribution in [1.29, 1.82) is 0 Å². The molecule has 0 fully saturated rings. The summed E-state index contributed by atoms with van der Waals surface area (Å²) in [6.07, 6.45) is 7.63. The zero-order chi connectivity index (χ0) is 7.23. The summed E-state index contributed by atoms with van der Waals surface area (Å²) in [6, 6.07) is 0. The molecule has 3 heteroatoms. The Labute approximate surface area is 59.9 Å². The minimum absolute atomic E-state index is 0.671. The molecular formula is C7H9N3. The molecule has 0 aliphatic carbocycles. The van der Waals surface area contributed by atoms with Gasteiger partial charge in [0, 0.05) is 18.6 Å². The number of aromatic nitrogens is 2. The topological polar surface area (TPSA) is 38.1 Å². The largest absolute Gasteiger partial charge is 0.259 e. The van der Waals surface area contributed by atoms with Crippen LogP contribution < -0.4 is 0 Å². The summed E-state index contributed by atoms with van der Waals surface area (Å²) in [4.78, 5) is 11.8. The van der Waals surface area contributed by atoms with Gasteiger partial charge in [-0.15, -0.1) is 0 Å². The Morgan fingerprint density at radius 2 is 2.50 bits per heavy atom. The molecule has 0 bridgehead atoms. The Bertz CT molecular complexity index is 205. The Balaban J connectivity index is 2.67. The number of rotatable bonds is 2. The average Bonchev–Trinajstić information content (AvgIpc) is 2.03. The first-order chi connectivity index (χ1) is 4.93. The van der Waals surface area contributed by atoms with Gasteiger partial charge in [0.15, 0.2) is 5.82 Å². The van der Waals surface area contributed by atoms with Crippen LogP contribution in [0.2, 0.25) is 0 Å². The lowest BCUT2D eigenvalue weighted by atomic mass is 10.5. The molecule has 1 aromatic heterocycles. The predicted octanol–water partition coefficient (Wildman–Crippen LogP) is 1.59. The van der Waals surface area contributed by atoms with Crippen LogP contribution in [-0.2, 0) is 0 Å². The fourth-order valence-corrected chi connectivity index (χ4v) is 0.543. The predicted molar refractivity (Wildman–Crippen MR) is 40.5 cm³/mol. The van der Waals surface area contributed by atoms with E-state index in [0.717, 1.165) is 6.42 Å². The highest BCUT2D eigenvalue weighted by Gasteiger charge is 1.82. The van der Waals surface area contributed by atoms with Crippen molar-refractivity contribution in [1.82, 2.24) is 9.97 Å². The van der Waals surface area contributed by atoms with E-state index in [9.17, 15) is 0 Å². The molecule has 10 heavy (non-hydrogen) atoms. The van der Waals surface area contributed by atoms with Crippen LogP contribution in [-0.4, -0.2) is 16.2 Å². The zero-order valence-corrected chi connectivity index (χ0v) is 5.86. The molecule has 3 nitrogen and oxygen atoms in total. The van der Waals surface area contributed by atoms with E-state index in [4.69, 9.17) is 0 Å². The van der Waals surface area contributed by atoms with Gasteiger partial charge in [0.25, 0.3) is 0 Å². The van der Waals surface area contributed by atoms with Crippen molar-refractivity contribution in [2.75, 3.05) is 0 Å². The van der Waals surface area contributed by atoms with Crippen molar-refractivity contribution in [2.45, 2.75) is 13.3 Å². The average molecular weight is 135 g/mol. The van der Waals surface area contributed by atoms with Gasteiger partial charge in [0.2, 0.25) is 0 Å². The first-order valence-electron chi connectivity index (χ1n) is 3.22. The van der Waals surface area contributed by atoms with Gasteiger partial charge in [0.05, 0.1) is 6.20 Å². The SMILES string of the molecule is CC/C=N\c1cnccn1. The molecule has 52 valence electrons. The van der Waals surface area contributed by atoms with E-state index in [2.05, 4.69) is 15.0 Å². The molecule has 0 saturated heterocycles. The highest BCUT2D eigenvalue weighted by Crippen LogP contribution is 2.00.